The van der Waals surface area contributed by atoms with E-state index in [9.17, 15) is 4.79 Å². The van der Waals surface area contributed by atoms with E-state index in [1.54, 1.807) is 18.6 Å². The second-order valence-electron chi connectivity index (χ2n) is 9.65. The number of carbonyl (C=O) groups excluding carboxylic acids is 1. The first kappa shape index (κ1) is 19.7. The lowest BCUT2D eigenvalue weighted by Crippen LogP contribution is -2.66. The fourth-order valence-corrected chi connectivity index (χ4v) is 4.98. The molecule has 0 aromatic carbocycles. The summed E-state index contributed by atoms with van der Waals surface area (Å²) in [6, 6.07) is 0. The smallest absolute Gasteiger partial charge is 0.411 e. The number of aryl methyl sites for hydroxylation is 1. The van der Waals surface area contributed by atoms with Gasteiger partial charge in [0.1, 0.15) is 17.1 Å². The fourth-order valence-electron chi connectivity index (χ4n) is 4.98. The molecule has 2 aromatic heterocycles. The Kier molecular flexibility index (Phi) is 4.40. The maximum Gasteiger partial charge on any atom is 0.411 e. The monoisotopic (exact) mass is 395 g/mol. The van der Waals surface area contributed by atoms with E-state index in [-0.39, 0.29) is 11.6 Å². The van der Waals surface area contributed by atoms with Gasteiger partial charge >= 0.3 is 6.09 Å². The Morgan fingerprint density at radius 2 is 1.93 bits per heavy atom. The number of nitrogens with zero attached hydrogens (tertiary/aromatic N) is 5. The van der Waals surface area contributed by atoms with Gasteiger partial charge in [0.2, 0.25) is 0 Å². The third-order valence-corrected chi connectivity index (χ3v) is 5.98. The van der Waals surface area contributed by atoms with Crippen LogP contribution < -0.4 is 0 Å². The summed E-state index contributed by atoms with van der Waals surface area (Å²) in [5.41, 5.74) is 2.08. The van der Waals surface area contributed by atoms with Crippen molar-refractivity contribution in [1.29, 1.82) is 0 Å². The van der Waals surface area contributed by atoms with E-state index in [2.05, 4.69) is 23.8 Å². The molecule has 29 heavy (non-hydrogen) atoms. The van der Waals surface area contributed by atoms with E-state index >= 15 is 0 Å². The van der Waals surface area contributed by atoms with E-state index in [1.165, 1.54) is 0 Å². The lowest BCUT2D eigenvalue weighted by atomic mass is 9.67. The number of carbonyl (C=O) groups is 1. The lowest BCUT2D eigenvalue weighted by Gasteiger charge is -2.58. The molecule has 1 amide bonds. The largest absolute Gasteiger partial charge is 0.444 e. The first-order valence-electron chi connectivity index (χ1n) is 10.2. The summed E-state index contributed by atoms with van der Waals surface area (Å²) in [6.07, 6.45) is 8.26. The summed E-state index contributed by atoms with van der Waals surface area (Å²) in [6.45, 7) is 11.9. The predicted octanol–water partition coefficient (Wildman–Crippen LogP) is 4.19. The minimum absolute atomic E-state index is 0.273. The molecule has 0 spiro atoms. The third kappa shape index (κ3) is 3.26. The molecule has 2 aliphatic rings. The van der Waals surface area contributed by atoms with Gasteiger partial charge in [-0.15, -0.1) is 0 Å². The molecule has 2 aromatic rings. The summed E-state index contributed by atoms with van der Waals surface area (Å²) in [7, 11) is 0. The number of rotatable bonds is 1. The molecule has 0 aliphatic carbocycles. The summed E-state index contributed by atoms with van der Waals surface area (Å²) in [5.74, 6) is 0.670. The van der Waals surface area contributed by atoms with Crippen LogP contribution in [0.3, 0.4) is 0 Å². The van der Waals surface area contributed by atoms with Gasteiger partial charge in [0.05, 0.1) is 23.1 Å². The second kappa shape index (κ2) is 6.47. The molecule has 2 aliphatic heterocycles. The van der Waals surface area contributed by atoms with Crippen molar-refractivity contribution in [3.63, 3.8) is 0 Å². The molecule has 154 valence electrons. The molecule has 1 fully saturated rings. The Hall–Kier alpha value is -2.57. The van der Waals surface area contributed by atoms with Crippen molar-refractivity contribution in [2.45, 2.75) is 83.9 Å². The van der Waals surface area contributed by atoms with E-state index in [0.29, 0.717) is 12.2 Å². The van der Waals surface area contributed by atoms with Crippen LogP contribution in [0.15, 0.2) is 18.6 Å². The molecule has 7 nitrogen and oxygen atoms in total. The molecular weight excluding hydrogens is 366 g/mol. The predicted molar refractivity (Wildman–Crippen MR) is 109 cm³/mol. The number of fused-ring (bicyclic) bond motifs is 4. The molecule has 4 rings (SSSR count). The van der Waals surface area contributed by atoms with Crippen LogP contribution in [0.25, 0.3) is 11.4 Å². The van der Waals surface area contributed by atoms with Crippen molar-refractivity contribution in [3.05, 3.63) is 35.7 Å². The highest BCUT2D eigenvalue weighted by atomic mass is 16.6. The summed E-state index contributed by atoms with van der Waals surface area (Å²) in [4.78, 5) is 33.5. The first-order valence-corrected chi connectivity index (χ1v) is 10.2. The lowest BCUT2D eigenvalue weighted by molar-refractivity contribution is -0.0750. The van der Waals surface area contributed by atoms with Gasteiger partial charge in [0.25, 0.3) is 0 Å². The van der Waals surface area contributed by atoms with Gasteiger partial charge in [-0.2, -0.15) is 0 Å². The van der Waals surface area contributed by atoms with Crippen molar-refractivity contribution in [3.8, 4) is 11.4 Å². The van der Waals surface area contributed by atoms with Gasteiger partial charge < -0.3 is 4.74 Å². The number of aromatic nitrogens is 4. The zero-order chi connectivity index (χ0) is 21.0. The van der Waals surface area contributed by atoms with E-state index in [0.717, 1.165) is 41.9 Å². The summed E-state index contributed by atoms with van der Waals surface area (Å²) >= 11 is 0. The fraction of sp³-hybridized carbons (Fsp3) is 0.591. The van der Waals surface area contributed by atoms with Crippen LogP contribution in [0.1, 0.15) is 71.0 Å². The van der Waals surface area contributed by atoms with Crippen LogP contribution in [0.5, 0.6) is 0 Å². The second-order valence-corrected chi connectivity index (χ2v) is 9.65. The maximum atomic E-state index is 13.3. The van der Waals surface area contributed by atoms with Crippen LogP contribution in [0.4, 0.5) is 4.79 Å². The summed E-state index contributed by atoms with van der Waals surface area (Å²) < 4.78 is 5.83. The Balaban J connectivity index is 1.91. The molecule has 0 radical (unpaired) electrons. The van der Waals surface area contributed by atoms with Crippen molar-refractivity contribution < 1.29 is 9.53 Å². The normalized spacial score (nSPS) is 26.1. The molecule has 2 atom stereocenters. The number of amides is 1. The van der Waals surface area contributed by atoms with Crippen LogP contribution >= 0.6 is 0 Å². The van der Waals surface area contributed by atoms with Gasteiger partial charge in [0.15, 0.2) is 0 Å². The molecule has 1 saturated heterocycles. The Morgan fingerprint density at radius 3 is 2.59 bits per heavy atom. The van der Waals surface area contributed by atoms with Crippen LogP contribution in [-0.4, -0.2) is 42.1 Å². The topological polar surface area (TPSA) is 81.1 Å². The van der Waals surface area contributed by atoms with E-state index in [1.807, 2.05) is 32.6 Å². The average molecular weight is 396 g/mol. The summed E-state index contributed by atoms with van der Waals surface area (Å²) in [5, 5.41) is 0. The first-order chi connectivity index (χ1) is 13.5. The third-order valence-electron chi connectivity index (χ3n) is 5.98. The molecule has 7 heteroatoms. The highest BCUT2D eigenvalue weighted by molar-refractivity contribution is 5.73. The molecule has 0 saturated carbocycles. The van der Waals surface area contributed by atoms with Gasteiger partial charge in [-0.25, -0.2) is 14.8 Å². The van der Waals surface area contributed by atoms with Crippen molar-refractivity contribution in [1.82, 2.24) is 24.8 Å². The van der Waals surface area contributed by atoms with Crippen LogP contribution in [0, 0.1) is 6.92 Å². The number of hydrogen-bond donors (Lipinski definition) is 0. The zero-order valence-corrected chi connectivity index (χ0v) is 18.1. The quantitative estimate of drug-likeness (QED) is 0.720. The number of hydrogen-bond acceptors (Lipinski definition) is 6. The molecule has 2 unspecified atom stereocenters. The highest BCUT2D eigenvalue weighted by Gasteiger charge is 2.57. The Bertz CT molecular complexity index is 956. The van der Waals surface area contributed by atoms with Gasteiger partial charge in [-0.1, -0.05) is 0 Å². The minimum Gasteiger partial charge on any atom is -0.444 e. The SMILES string of the molecule is Cc1nc(-c2cnccn2)c2c(n1)C1(C)CCCC(C)(C2)N1C(=O)OC(C)(C)C. The molecular formula is C22H29N5O2. The molecule has 0 N–H and O–H groups in total. The number of piperidine rings is 1. The van der Waals surface area contributed by atoms with Gasteiger partial charge in [-0.3, -0.25) is 14.9 Å². The van der Waals surface area contributed by atoms with Crippen molar-refractivity contribution >= 4 is 6.09 Å². The van der Waals surface area contributed by atoms with Gasteiger partial charge in [0, 0.05) is 23.5 Å². The van der Waals surface area contributed by atoms with Crippen LogP contribution in [-0.2, 0) is 16.7 Å². The average Bonchev–Trinajstić information content (AvgIpc) is 2.61. The zero-order valence-electron chi connectivity index (χ0n) is 18.1. The molecule has 4 heterocycles. The van der Waals surface area contributed by atoms with Crippen molar-refractivity contribution in [2.75, 3.05) is 0 Å². The van der Waals surface area contributed by atoms with E-state index < -0.39 is 11.1 Å². The standard InChI is InChI=1S/C22H29N5O2/c1-14-25-17(16-13-23-10-11-24-16)15-12-21(5)8-7-9-22(6,18(15)26-14)27(21)19(28)29-20(2,3)4/h10-11,13H,7-9,12H2,1-6H3. The van der Waals surface area contributed by atoms with Crippen LogP contribution in [0.2, 0.25) is 0 Å². The Morgan fingerprint density at radius 1 is 1.17 bits per heavy atom. The number of ether oxygens (including phenoxy) is 1. The highest BCUT2D eigenvalue weighted by Crippen LogP contribution is 2.52. The minimum atomic E-state index is -0.551. The maximum absolute atomic E-state index is 13.3. The Labute approximate surface area is 171 Å². The van der Waals surface area contributed by atoms with Crippen molar-refractivity contribution in [2.24, 2.45) is 0 Å². The van der Waals surface area contributed by atoms with Gasteiger partial charge in [-0.05, 0) is 67.2 Å². The van der Waals surface area contributed by atoms with E-state index in [4.69, 9.17) is 14.7 Å². The molecule has 2 bridgehead atoms.